The molecule has 0 radical (unpaired) electrons. The molecule has 64 heavy (non-hydrogen) atoms. The van der Waals surface area contributed by atoms with E-state index in [1.165, 1.54) is 132 Å². The van der Waals surface area contributed by atoms with E-state index in [1.807, 2.05) is 0 Å². The monoisotopic (exact) mass is 841 g/mol. The molecule has 0 aromatic heterocycles. The summed E-state index contributed by atoms with van der Waals surface area (Å²) in [7, 11) is 0. The largest absolute Gasteiger partial charge is 0.311 e. The van der Waals surface area contributed by atoms with Crippen molar-refractivity contribution >= 4 is 57.2 Å². The van der Waals surface area contributed by atoms with Crippen LogP contribution in [0.3, 0.4) is 0 Å². The Hall–Kier alpha value is -5.02. The van der Waals surface area contributed by atoms with Crippen molar-refractivity contribution in [3.63, 3.8) is 0 Å². The highest BCUT2D eigenvalue weighted by Gasteiger charge is 2.49. The molecule has 3 heteroatoms. The lowest BCUT2D eigenvalue weighted by Gasteiger charge is -2.47. The van der Waals surface area contributed by atoms with Crippen molar-refractivity contribution in [3.8, 4) is 11.1 Å². The molecule has 0 N–H and O–H groups in total. The van der Waals surface area contributed by atoms with Gasteiger partial charge in [-0.1, -0.05) is 144 Å². The van der Waals surface area contributed by atoms with Crippen LogP contribution in [0.2, 0.25) is 0 Å². The van der Waals surface area contributed by atoms with Crippen molar-refractivity contribution < 1.29 is 0 Å². The van der Waals surface area contributed by atoms with Gasteiger partial charge in [0.1, 0.15) is 0 Å². The molecule has 2 nitrogen and oxygen atoms in total. The molecule has 0 unspecified atom stereocenters. The second-order valence-electron chi connectivity index (χ2n) is 24.8. The lowest BCUT2D eigenvalue weighted by molar-refractivity contribution is 0.332. The fourth-order valence-electron chi connectivity index (χ4n) is 13.6. The number of fused-ring (bicyclic) bond motifs is 7. The van der Waals surface area contributed by atoms with Gasteiger partial charge in [-0.2, -0.15) is 0 Å². The van der Waals surface area contributed by atoms with Gasteiger partial charge in [-0.25, -0.2) is 0 Å². The second kappa shape index (κ2) is 13.3. The lowest BCUT2D eigenvalue weighted by atomic mass is 9.33. The van der Waals surface area contributed by atoms with Gasteiger partial charge in [-0.05, 0) is 193 Å². The molecule has 0 atom stereocenters. The van der Waals surface area contributed by atoms with E-state index in [2.05, 4.69) is 210 Å². The summed E-state index contributed by atoms with van der Waals surface area (Å²) in [5, 5.41) is 0. The van der Waals surface area contributed by atoms with E-state index >= 15 is 0 Å². The van der Waals surface area contributed by atoms with Crippen molar-refractivity contribution in [1.82, 2.24) is 0 Å². The van der Waals surface area contributed by atoms with Crippen LogP contribution in [0.5, 0.6) is 0 Å². The first-order valence-corrected chi connectivity index (χ1v) is 24.4. The Morgan fingerprint density at radius 3 is 1.55 bits per heavy atom. The average Bonchev–Trinajstić information content (AvgIpc) is 3.42. The SMILES string of the molecule is Cc1cc2c3c(c1)N(c1cc4c(cc1C)C(C)(C)CCC4(C)C)c1cc4c(cc1B3c1cc(-c3ccccc3)ccc1N2c1ccc2c(c1)C(C)(C)CCC2(C)C)C(C)(C)CC4(C)C. The van der Waals surface area contributed by atoms with Crippen LogP contribution in [0.4, 0.5) is 34.1 Å². The average molecular weight is 841 g/mol. The van der Waals surface area contributed by atoms with E-state index in [9.17, 15) is 0 Å². The van der Waals surface area contributed by atoms with Gasteiger partial charge in [-0.15, -0.1) is 0 Å². The Kier molecular flexibility index (Phi) is 8.66. The standard InChI is InChI=1S/C61H69BN2/c1-37-28-53-55-54(29-37)64(51-34-46-43(30-38(51)2)57(5,6)26-27-59(46,9)10)52-35-47-45(60(11,12)36-61(47,13)14)33-49(52)62(55)48-31-40(39-18-16-15-17-19-39)20-23-50(48)63(53)41-21-22-42-44(32-41)58(7,8)25-24-56(42,3)4/h15-23,28-35H,24-27,36H2,1-14H3. The van der Waals surface area contributed by atoms with Crippen LogP contribution < -0.4 is 26.2 Å². The molecule has 6 aromatic rings. The molecule has 2 heterocycles. The highest BCUT2D eigenvalue weighted by atomic mass is 15.2. The van der Waals surface area contributed by atoms with Crippen LogP contribution in [0.15, 0.2) is 103 Å². The highest BCUT2D eigenvalue weighted by molar-refractivity contribution is 7.00. The Labute approximate surface area is 385 Å². The third kappa shape index (κ3) is 5.97. The van der Waals surface area contributed by atoms with Gasteiger partial charge in [0.15, 0.2) is 0 Å². The van der Waals surface area contributed by atoms with Crippen molar-refractivity contribution in [1.29, 1.82) is 0 Å². The first kappa shape index (κ1) is 41.7. The zero-order valence-corrected chi connectivity index (χ0v) is 41.3. The van der Waals surface area contributed by atoms with Crippen LogP contribution in [-0.4, -0.2) is 6.71 Å². The maximum atomic E-state index is 2.73. The molecule has 0 fully saturated rings. The summed E-state index contributed by atoms with van der Waals surface area (Å²) >= 11 is 0. The lowest BCUT2D eigenvalue weighted by Crippen LogP contribution is -2.61. The van der Waals surface area contributed by atoms with Crippen LogP contribution >= 0.6 is 0 Å². The Morgan fingerprint density at radius 2 is 0.906 bits per heavy atom. The summed E-state index contributed by atoms with van der Waals surface area (Å²) in [5.74, 6) is 0. The van der Waals surface area contributed by atoms with Crippen LogP contribution in [-0.2, 0) is 32.5 Å². The first-order chi connectivity index (χ1) is 30.0. The molecule has 0 saturated heterocycles. The number of aryl methyl sites for hydroxylation is 2. The minimum absolute atomic E-state index is 0.0536. The third-order valence-corrected chi connectivity index (χ3v) is 17.3. The van der Waals surface area contributed by atoms with Gasteiger partial charge in [0, 0.05) is 34.1 Å². The maximum absolute atomic E-state index is 2.73. The van der Waals surface area contributed by atoms with E-state index in [1.54, 1.807) is 0 Å². The topological polar surface area (TPSA) is 6.48 Å². The minimum Gasteiger partial charge on any atom is -0.311 e. The number of rotatable bonds is 3. The molecule has 11 rings (SSSR count). The summed E-state index contributed by atoms with van der Waals surface area (Å²) in [6.45, 7) is 34.4. The molecule has 0 amide bonds. The quantitative estimate of drug-likeness (QED) is 0.164. The molecule has 0 saturated carbocycles. The molecule has 3 aliphatic carbocycles. The number of benzene rings is 6. The van der Waals surface area contributed by atoms with Gasteiger partial charge >= 0.3 is 0 Å². The van der Waals surface area contributed by atoms with Crippen LogP contribution in [0, 0.1) is 13.8 Å². The molecule has 6 aromatic carbocycles. The summed E-state index contributed by atoms with van der Waals surface area (Å²) in [5.41, 5.74) is 26.9. The van der Waals surface area contributed by atoms with Gasteiger partial charge in [0.2, 0.25) is 0 Å². The maximum Gasteiger partial charge on any atom is 0.252 e. The van der Waals surface area contributed by atoms with Gasteiger partial charge in [0.05, 0.1) is 0 Å². The Morgan fingerprint density at radius 1 is 0.391 bits per heavy atom. The van der Waals surface area contributed by atoms with Crippen molar-refractivity contribution in [2.24, 2.45) is 0 Å². The van der Waals surface area contributed by atoms with E-state index in [4.69, 9.17) is 0 Å². The number of hydrogen-bond donors (Lipinski definition) is 0. The first-order valence-electron chi connectivity index (χ1n) is 24.4. The van der Waals surface area contributed by atoms with E-state index < -0.39 is 0 Å². The predicted octanol–water partition coefficient (Wildman–Crippen LogP) is 14.7. The van der Waals surface area contributed by atoms with E-state index in [-0.39, 0.29) is 39.2 Å². The minimum atomic E-state index is 0.0536. The fourth-order valence-corrected chi connectivity index (χ4v) is 13.6. The summed E-state index contributed by atoms with van der Waals surface area (Å²) in [4.78, 5) is 5.38. The summed E-state index contributed by atoms with van der Waals surface area (Å²) in [6, 6.07) is 41.5. The van der Waals surface area contributed by atoms with Gasteiger partial charge in [-0.3, -0.25) is 0 Å². The molecule has 5 aliphatic rings. The molecular formula is C61H69BN2. The fraction of sp³-hybridized carbons (Fsp3) is 0.410. The zero-order valence-electron chi connectivity index (χ0n) is 41.3. The van der Waals surface area contributed by atoms with Crippen molar-refractivity contribution in [3.05, 3.63) is 148 Å². The summed E-state index contributed by atoms with van der Waals surface area (Å²) < 4.78 is 0. The summed E-state index contributed by atoms with van der Waals surface area (Å²) in [6.07, 6.45) is 5.93. The third-order valence-electron chi connectivity index (χ3n) is 17.3. The second-order valence-corrected chi connectivity index (χ2v) is 24.8. The molecule has 0 bridgehead atoms. The molecular weight excluding hydrogens is 771 g/mol. The number of hydrogen-bond acceptors (Lipinski definition) is 2. The smallest absolute Gasteiger partial charge is 0.252 e. The van der Waals surface area contributed by atoms with Gasteiger partial charge < -0.3 is 9.80 Å². The predicted molar refractivity (Wildman–Crippen MR) is 277 cm³/mol. The molecule has 2 aliphatic heterocycles. The van der Waals surface area contributed by atoms with Crippen LogP contribution in [0.25, 0.3) is 11.1 Å². The van der Waals surface area contributed by atoms with E-state index in [0.717, 1.165) is 6.42 Å². The zero-order chi connectivity index (χ0) is 45.3. The van der Waals surface area contributed by atoms with Crippen molar-refractivity contribution in [2.45, 2.75) is 162 Å². The van der Waals surface area contributed by atoms with Gasteiger partial charge in [0.25, 0.3) is 6.71 Å². The Bertz CT molecular complexity index is 2960. The number of anilines is 6. The number of nitrogens with zero attached hydrogens (tertiary/aromatic N) is 2. The van der Waals surface area contributed by atoms with E-state index in [0.29, 0.717) is 0 Å². The highest BCUT2D eigenvalue weighted by Crippen LogP contribution is 2.55. The normalized spacial score (nSPS) is 20.7. The molecule has 0 spiro atoms. The van der Waals surface area contributed by atoms with Crippen LogP contribution in [0.1, 0.15) is 160 Å². The molecule has 326 valence electrons. The van der Waals surface area contributed by atoms with Crippen molar-refractivity contribution in [2.75, 3.05) is 9.80 Å². The Balaban J connectivity index is 1.25.